The van der Waals surface area contributed by atoms with Crippen LogP contribution in [0.25, 0.3) is 0 Å². The molecule has 0 spiro atoms. The minimum absolute atomic E-state index is 0.179. The summed E-state index contributed by atoms with van der Waals surface area (Å²) in [6.07, 6.45) is -1.04. The van der Waals surface area contributed by atoms with E-state index >= 15 is 0 Å². The lowest BCUT2D eigenvalue weighted by atomic mass is 10.1. The normalized spacial score (nSPS) is 12.8. The van der Waals surface area contributed by atoms with E-state index in [0.29, 0.717) is 15.6 Å². The van der Waals surface area contributed by atoms with Gasteiger partial charge in [0.2, 0.25) is 0 Å². The van der Waals surface area contributed by atoms with Crippen molar-refractivity contribution in [3.05, 3.63) is 45.2 Å². The van der Waals surface area contributed by atoms with E-state index in [1.807, 2.05) is 0 Å². The third-order valence-electron chi connectivity index (χ3n) is 2.19. The van der Waals surface area contributed by atoms with Crippen LogP contribution in [0.4, 0.5) is 4.39 Å². The fraction of sp³-hybridized carbons (Fsp3) is 0.200. The van der Waals surface area contributed by atoms with E-state index in [1.165, 1.54) is 18.2 Å². The second kappa shape index (κ2) is 4.45. The molecule has 0 bridgehead atoms. The van der Waals surface area contributed by atoms with Gasteiger partial charge in [0.15, 0.2) is 0 Å². The van der Waals surface area contributed by atoms with E-state index in [9.17, 15) is 9.50 Å². The number of benzene rings is 1. The maximum Gasteiger partial charge on any atom is 0.130 e. The summed E-state index contributed by atoms with van der Waals surface area (Å²) in [6, 6.07) is 4.17. The summed E-state index contributed by atoms with van der Waals surface area (Å²) in [5, 5.41) is 14.0. The minimum atomic E-state index is -1.04. The third-order valence-corrected chi connectivity index (χ3v) is 3.31. The molecule has 1 atom stereocenters. The summed E-state index contributed by atoms with van der Waals surface area (Å²) in [7, 11) is 0. The van der Waals surface area contributed by atoms with Gasteiger partial charge in [0, 0.05) is 10.6 Å². The first-order valence-corrected chi connectivity index (χ1v) is 5.66. The molecule has 1 aromatic heterocycles. The molecule has 6 heteroatoms. The van der Waals surface area contributed by atoms with Gasteiger partial charge in [-0.1, -0.05) is 22.2 Å². The number of hydrogen-bond donors (Lipinski definition) is 1. The van der Waals surface area contributed by atoms with Crippen molar-refractivity contribution in [2.45, 2.75) is 13.0 Å². The molecule has 1 aromatic carbocycles. The largest absolute Gasteiger partial charge is 0.383 e. The topological polar surface area (TPSA) is 46.0 Å². The van der Waals surface area contributed by atoms with E-state index in [1.54, 1.807) is 6.92 Å². The molecule has 0 saturated carbocycles. The Kier molecular flexibility index (Phi) is 3.18. The summed E-state index contributed by atoms with van der Waals surface area (Å²) >= 11 is 6.69. The fourth-order valence-electron chi connectivity index (χ4n) is 1.35. The van der Waals surface area contributed by atoms with Crippen molar-refractivity contribution < 1.29 is 9.50 Å². The molecule has 0 saturated heterocycles. The Bertz CT molecular complexity index is 517. The second-order valence-corrected chi connectivity index (χ2v) is 4.51. The first-order valence-electron chi connectivity index (χ1n) is 4.51. The molecule has 3 nitrogen and oxygen atoms in total. The molecule has 1 heterocycles. The zero-order valence-electron chi connectivity index (χ0n) is 8.32. The van der Waals surface area contributed by atoms with E-state index in [4.69, 9.17) is 11.6 Å². The van der Waals surface area contributed by atoms with E-state index < -0.39 is 11.9 Å². The number of aromatic nitrogens is 2. The van der Waals surface area contributed by atoms with Crippen LogP contribution in [-0.2, 0) is 0 Å². The Morgan fingerprint density at radius 1 is 1.50 bits per heavy atom. The summed E-state index contributed by atoms with van der Waals surface area (Å²) < 4.78 is 17.2. The highest BCUT2D eigenvalue weighted by atomic mass is 35.5. The van der Waals surface area contributed by atoms with Crippen LogP contribution < -0.4 is 0 Å². The van der Waals surface area contributed by atoms with Gasteiger partial charge in [-0.3, -0.25) is 0 Å². The lowest BCUT2D eigenvalue weighted by molar-refractivity contribution is 0.218. The predicted octanol–water partition coefficient (Wildman–Crippen LogP) is 2.72. The summed E-state index contributed by atoms with van der Waals surface area (Å²) in [4.78, 5) is 0.543. The molecule has 0 aliphatic carbocycles. The average Bonchev–Trinajstić information content (AvgIpc) is 2.63. The molecule has 16 heavy (non-hydrogen) atoms. The number of hydrogen-bond acceptors (Lipinski definition) is 4. The Balaban J connectivity index is 2.41. The van der Waals surface area contributed by atoms with Crippen LogP contribution in [0.2, 0.25) is 5.02 Å². The molecule has 0 aliphatic heterocycles. The highest BCUT2D eigenvalue weighted by Crippen LogP contribution is 2.29. The van der Waals surface area contributed by atoms with Gasteiger partial charge in [-0.05, 0) is 30.6 Å². The van der Waals surface area contributed by atoms with Crippen molar-refractivity contribution >= 4 is 23.1 Å². The number of rotatable bonds is 2. The number of aryl methyl sites for hydroxylation is 1. The van der Waals surface area contributed by atoms with E-state index in [-0.39, 0.29) is 5.56 Å². The van der Waals surface area contributed by atoms with Crippen molar-refractivity contribution in [1.29, 1.82) is 0 Å². The maximum absolute atomic E-state index is 13.5. The van der Waals surface area contributed by atoms with Crippen molar-refractivity contribution in [1.82, 2.24) is 9.59 Å². The van der Waals surface area contributed by atoms with Crippen molar-refractivity contribution in [2.75, 3.05) is 0 Å². The lowest BCUT2D eigenvalue weighted by Gasteiger charge is -2.10. The van der Waals surface area contributed by atoms with Crippen LogP contribution in [0.5, 0.6) is 0 Å². The van der Waals surface area contributed by atoms with Gasteiger partial charge < -0.3 is 5.11 Å². The van der Waals surface area contributed by atoms with Gasteiger partial charge in [-0.25, -0.2) is 4.39 Å². The third kappa shape index (κ3) is 2.07. The van der Waals surface area contributed by atoms with Crippen LogP contribution in [0.3, 0.4) is 0 Å². The van der Waals surface area contributed by atoms with Gasteiger partial charge in [0.1, 0.15) is 11.9 Å². The van der Waals surface area contributed by atoms with Crippen molar-refractivity contribution in [3.8, 4) is 0 Å². The zero-order chi connectivity index (χ0) is 11.7. The summed E-state index contributed by atoms with van der Waals surface area (Å²) in [6.45, 7) is 1.72. The van der Waals surface area contributed by atoms with Gasteiger partial charge in [-0.2, -0.15) is 0 Å². The fourth-order valence-corrected chi connectivity index (χ4v) is 2.16. The molecule has 1 unspecified atom stereocenters. The smallest absolute Gasteiger partial charge is 0.130 e. The van der Waals surface area contributed by atoms with Crippen LogP contribution in [0.15, 0.2) is 18.2 Å². The lowest BCUT2D eigenvalue weighted by Crippen LogP contribution is -2.02. The Morgan fingerprint density at radius 3 is 2.81 bits per heavy atom. The Hall–Kier alpha value is -1.04. The monoisotopic (exact) mass is 258 g/mol. The zero-order valence-corrected chi connectivity index (χ0v) is 9.89. The van der Waals surface area contributed by atoms with Crippen LogP contribution >= 0.6 is 23.1 Å². The van der Waals surface area contributed by atoms with Gasteiger partial charge in [0.05, 0.1) is 10.6 Å². The van der Waals surface area contributed by atoms with Crippen LogP contribution in [-0.4, -0.2) is 14.7 Å². The maximum atomic E-state index is 13.5. The number of aliphatic hydroxyl groups is 1. The van der Waals surface area contributed by atoms with E-state index in [0.717, 1.165) is 11.5 Å². The quantitative estimate of drug-likeness (QED) is 0.901. The SMILES string of the molecule is Cc1nnsc1C(O)c1ccc(Cl)cc1F. The molecule has 84 valence electrons. The Morgan fingerprint density at radius 2 is 2.25 bits per heavy atom. The van der Waals surface area contributed by atoms with Gasteiger partial charge in [0.25, 0.3) is 0 Å². The minimum Gasteiger partial charge on any atom is -0.383 e. The molecule has 2 rings (SSSR count). The molecular weight excluding hydrogens is 251 g/mol. The first kappa shape index (κ1) is 11.4. The number of nitrogens with zero attached hydrogens (tertiary/aromatic N) is 2. The summed E-state index contributed by atoms with van der Waals surface area (Å²) in [5.74, 6) is -0.534. The number of aliphatic hydroxyl groups excluding tert-OH is 1. The van der Waals surface area contributed by atoms with E-state index in [2.05, 4.69) is 9.59 Å². The summed E-state index contributed by atoms with van der Waals surface area (Å²) in [5.41, 5.74) is 0.783. The van der Waals surface area contributed by atoms with Crippen LogP contribution in [0, 0.1) is 12.7 Å². The van der Waals surface area contributed by atoms with Gasteiger partial charge in [-0.15, -0.1) is 5.10 Å². The first-order chi connectivity index (χ1) is 7.59. The molecule has 0 fully saturated rings. The molecular formula is C10H8ClFN2OS. The van der Waals surface area contributed by atoms with Gasteiger partial charge >= 0.3 is 0 Å². The predicted molar refractivity (Wildman–Crippen MR) is 60.1 cm³/mol. The second-order valence-electron chi connectivity index (χ2n) is 3.29. The van der Waals surface area contributed by atoms with Crippen molar-refractivity contribution in [3.63, 3.8) is 0 Å². The van der Waals surface area contributed by atoms with Crippen LogP contribution in [0.1, 0.15) is 22.2 Å². The molecule has 2 aromatic rings. The average molecular weight is 259 g/mol. The van der Waals surface area contributed by atoms with Crippen molar-refractivity contribution in [2.24, 2.45) is 0 Å². The standard InChI is InChI=1S/C10H8ClFN2OS/c1-5-10(16-14-13-5)9(15)7-3-2-6(11)4-8(7)12/h2-4,9,15H,1H3. The Labute approximate surface area is 101 Å². The highest BCUT2D eigenvalue weighted by molar-refractivity contribution is 7.05. The molecule has 0 aliphatic rings. The molecule has 0 radical (unpaired) electrons. The highest BCUT2D eigenvalue weighted by Gasteiger charge is 2.19. The molecule has 1 N–H and O–H groups in total. The molecule has 0 amide bonds. The number of halogens is 2.